The van der Waals surface area contributed by atoms with Crippen molar-refractivity contribution >= 4 is 11.9 Å². The standard InChI is InChI=1S/C14H24N4O3/c19-13(17-7-4-15-5-8-17)12-2-1-6-18(12)14(20)16-11-3-9-21-10-11/h11-12,15H,1-10H2,(H,16,20). The van der Waals surface area contributed by atoms with Crippen LogP contribution in [0.15, 0.2) is 0 Å². The van der Waals surface area contributed by atoms with E-state index in [2.05, 4.69) is 10.6 Å². The minimum atomic E-state index is -0.287. The zero-order valence-electron chi connectivity index (χ0n) is 12.3. The van der Waals surface area contributed by atoms with Crippen LogP contribution in [0.1, 0.15) is 19.3 Å². The van der Waals surface area contributed by atoms with E-state index in [1.807, 2.05) is 4.90 Å². The number of hydrogen-bond acceptors (Lipinski definition) is 4. The molecule has 0 aromatic rings. The molecule has 3 amide bonds. The first-order chi connectivity index (χ1) is 10.3. The molecule has 118 valence electrons. The van der Waals surface area contributed by atoms with Crippen molar-refractivity contribution in [3.05, 3.63) is 0 Å². The molecule has 7 heteroatoms. The van der Waals surface area contributed by atoms with Crippen LogP contribution >= 0.6 is 0 Å². The maximum absolute atomic E-state index is 12.6. The van der Waals surface area contributed by atoms with Crippen LogP contribution in [0.2, 0.25) is 0 Å². The molecule has 0 bridgehead atoms. The maximum atomic E-state index is 12.6. The summed E-state index contributed by atoms with van der Waals surface area (Å²) in [6.07, 6.45) is 2.53. The van der Waals surface area contributed by atoms with Crippen molar-refractivity contribution in [2.45, 2.75) is 31.3 Å². The van der Waals surface area contributed by atoms with E-state index in [4.69, 9.17) is 4.74 Å². The van der Waals surface area contributed by atoms with Gasteiger partial charge < -0.3 is 25.2 Å². The number of amides is 3. The summed E-state index contributed by atoms with van der Waals surface area (Å²) in [7, 11) is 0. The highest BCUT2D eigenvalue weighted by atomic mass is 16.5. The van der Waals surface area contributed by atoms with E-state index < -0.39 is 0 Å². The fourth-order valence-electron chi connectivity index (χ4n) is 3.27. The molecule has 3 rings (SSSR count). The lowest BCUT2D eigenvalue weighted by Crippen LogP contribution is -2.55. The maximum Gasteiger partial charge on any atom is 0.318 e. The van der Waals surface area contributed by atoms with Crippen LogP contribution < -0.4 is 10.6 Å². The Kier molecular flexibility index (Phi) is 4.60. The molecule has 2 atom stereocenters. The third-order valence-electron chi connectivity index (χ3n) is 4.48. The lowest BCUT2D eigenvalue weighted by Gasteiger charge is -2.33. The van der Waals surface area contributed by atoms with Gasteiger partial charge in [0.05, 0.1) is 12.6 Å². The van der Waals surface area contributed by atoms with E-state index in [-0.39, 0.29) is 24.0 Å². The zero-order valence-corrected chi connectivity index (χ0v) is 12.3. The summed E-state index contributed by atoms with van der Waals surface area (Å²) in [4.78, 5) is 28.6. The summed E-state index contributed by atoms with van der Waals surface area (Å²) in [6, 6.07) is -0.310. The van der Waals surface area contributed by atoms with Gasteiger partial charge in [0.15, 0.2) is 0 Å². The van der Waals surface area contributed by atoms with Gasteiger partial charge in [0.2, 0.25) is 5.91 Å². The van der Waals surface area contributed by atoms with Crippen LogP contribution in [0.25, 0.3) is 0 Å². The van der Waals surface area contributed by atoms with Crippen molar-refractivity contribution in [2.75, 3.05) is 45.9 Å². The van der Waals surface area contributed by atoms with Crippen LogP contribution in [0.3, 0.4) is 0 Å². The third-order valence-corrected chi connectivity index (χ3v) is 4.48. The Morgan fingerprint density at radius 2 is 1.95 bits per heavy atom. The van der Waals surface area contributed by atoms with Crippen LogP contribution in [0, 0.1) is 0 Å². The van der Waals surface area contributed by atoms with Gasteiger partial charge in [-0.25, -0.2) is 4.79 Å². The van der Waals surface area contributed by atoms with Gasteiger partial charge in [0, 0.05) is 39.3 Å². The second-order valence-corrected chi connectivity index (χ2v) is 5.94. The number of nitrogens with one attached hydrogen (secondary N) is 2. The number of carbonyl (C=O) groups excluding carboxylic acids is 2. The van der Waals surface area contributed by atoms with Crippen molar-refractivity contribution in [1.29, 1.82) is 0 Å². The van der Waals surface area contributed by atoms with Gasteiger partial charge in [0.1, 0.15) is 6.04 Å². The Hall–Kier alpha value is -1.34. The number of nitrogens with zero attached hydrogens (tertiary/aromatic N) is 2. The fourth-order valence-corrected chi connectivity index (χ4v) is 3.27. The summed E-state index contributed by atoms with van der Waals surface area (Å²) >= 11 is 0. The van der Waals surface area contributed by atoms with Gasteiger partial charge in [-0.05, 0) is 19.3 Å². The molecule has 2 unspecified atom stereocenters. The molecule has 3 aliphatic rings. The van der Waals surface area contributed by atoms with Gasteiger partial charge in [0.25, 0.3) is 0 Å². The first kappa shape index (κ1) is 14.6. The largest absolute Gasteiger partial charge is 0.379 e. The Morgan fingerprint density at radius 1 is 1.14 bits per heavy atom. The summed E-state index contributed by atoms with van der Waals surface area (Å²) < 4.78 is 5.27. The molecule has 3 fully saturated rings. The molecule has 3 saturated heterocycles. The molecule has 0 radical (unpaired) electrons. The zero-order chi connectivity index (χ0) is 14.7. The average molecular weight is 296 g/mol. The molecule has 21 heavy (non-hydrogen) atoms. The second-order valence-electron chi connectivity index (χ2n) is 5.94. The highest BCUT2D eigenvalue weighted by Gasteiger charge is 2.37. The molecule has 0 aliphatic carbocycles. The normalized spacial score (nSPS) is 29.7. The van der Waals surface area contributed by atoms with Crippen molar-refractivity contribution in [2.24, 2.45) is 0 Å². The summed E-state index contributed by atoms with van der Waals surface area (Å²) in [6.45, 7) is 5.10. The summed E-state index contributed by atoms with van der Waals surface area (Å²) in [5, 5.41) is 6.23. The molecule has 7 nitrogen and oxygen atoms in total. The molecular weight excluding hydrogens is 272 g/mol. The quantitative estimate of drug-likeness (QED) is 0.712. The number of hydrogen-bond donors (Lipinski definition) is 2. The van der Waals surface area contributed by atoms with Gasteiger partial charge in [-0.3, -0.25) is 4.79 Å². The number of carbonyl (C=O) groups is 2. The molecule has 0 saturated carbocycles. The molecule has 0 aromatic heterocycles. The highest BCUT2D eigenvalue weighted by molar-refractivity contribution is 5.87. The van der Waals surface area contributed by atoms with Gasteiger partial charge >= 0.3 is 6.03 Å². The Labute approximate surface area is 125 Å². The Morgan fingerprint density at radius 3 is 2.67 bits per heavy atom. The van der Waals surface area contributed by atoms with Crippen molar-refractivity contribution in [1.82, 2.24) is 20.4 Å². The van der Waals surface area contributed by atoms with Crippen molar-refractivity contribution in [3.63, 3.8) is 0 Å². The van der Waals surface area contributed by atoms with E-state index in [9.17, 15) is 9.59 Å². The fraction of sp³-hybridized carbons (Fsp3) is 0.857. The molecule has 3 heterocycles. The average Bonchev–Trinajstić information content (AvgIpc) is 3.18. The smallest absolute Gasteiger partial charge is 0.318 e. The molecule has 2 N–H and O–H groups in total. The van der Waals surface area contributed by atoms with Crippen molar-refractivity contribution < 1.29 is 14.3 Å². The lowest BCUT2D eigenvalue weighted by molar-refractivity contribution is -0.135. The number of piperazine rings is 1. The van der Waals surface area contributed by atoms with E-state index >= 15 is 0 Å². The number of ether oxygens (including phenoxy) is 1. The third kappa shape index (κ3) is 3.29. The van der Waals surface area contributed by atoms with E-state index in [1.54, 1.807) is 4.90 Å². The topological polar surface area (TPSA) is 73.9 Å². The van der Waals surface area contributed by atoms with E-state index in [1.165, 1.54) is 0 Å². The number of urea groups is 1. The Balaban J connectivity index is 1.58. The van der Waals surface area contributed by atoms with Crippen molar-refractivity contribution in [3.8, 4) is 0 Å². The molecule has 0 spiro atoms. The first-order valence-corrected chi connectivity index (χ1v) is 7.90. The van der Waals surface area contributed by atoms with E-state index in [0.717, 1.165) is 45.4 Å². The van der Waals surface area contributed by atoms with E-state index in [0.29, 0.717) is 19.8 Å². The number of likely N-dealkylation sites (tertiary alicyclic amines) is 1. The molecule has 0 aromatic carbocycles. The SMILES string of the molecule is O=C(C1CCCN1C(=O)NC1CCOC1)N1CCNCC1. The highest BCUT2D eigenvalue weighted by Crippen LogP contribution is 2.20. The molecular formula is C14H24N4O3. The minimum Gasteiger partial charge on any atom is -0.379 e. The summed E-state index contributed by atoms with van der Waals surface area (Å²) in [5.41, 5.74) is 0. The second kappa shape index (κ2) is 6.62. The lowest BCUT2D eigenvalue weighted by atomic mass is 10.2. The van der Waals surface area contributed by atoms with Gasteiger partial charge in [-0.1, -0.05) is 0 Å². The Bertz CT molecular complexity index is 392. The van der Waals surface area contributed by atoms with Crippen LogP contribution in [0.5, 0.6) is 0 Å². The summed E-state index contributed by atoms with van der Waals surface area (Å²) in [5.74, 6) is 0.104. The first-order valence-electron chi connectivity index (χ1n) is 7.90. The minimum absolute atomic E-state index is 0.0908. The van der Waals surface area contributed by atoms with Crippen LogP contribution in [-0.4, -0.2) is 79.8 Å². The predicted molar refractivity (Wildman–Crippen MR) is 76.9 cm³/mol. The monoisotopic (exact) mass is 296 g/mol. The number of rotatable bonds is 2. The van der Waals surface area contributed by atoms with Gasteiger partial charge in [-0.2, -0.15) is 0 Å². The van der Waals surface area contributed by atoms with Crippen LogP contribution in [-0.2, 0) is 9.53 Å². The molecule has 3 aliphatic heterocycles. The van der Waals surface area contributed by atoms with Crippen LogP contribution in [0.4, 0.5) is 4.79 Å². The predicted octanol–water partition coefficient (Wildman–Crippen LogP) is -0.619. The van der Waals surface area contributed by atoms with Gasteiger partial charge in [-0.15, -0.1) is 0 Å².